The van der Waals surface area contributed by atoms with E-state index >= 15 is 0 Å². The molecular formula is C4H8N4O2. The number of hydrogen-bond donors (Lipinski definition) is 2. The Labute approximate surface area is 57.8 Å². The fraction of sp³-hybridized carbons (Fsp3) is 0.250. The number of aliphatic hydroxyl groups is 1. The Hall–Kier alpha value is -1.52. The van der Waals surface area contributed by atoms with E-state index in [1.165, 1.54) is 0 Å². The Morgan fingerprint density at radius 1 is 1.80 bits per heavy atom. The molecule has 0 aliphatic rings. The molecule has 0 aliphatic heterocycles. The van der Waals surface area contributed by atoms with E-state index in [2.05, 4.69) is 23.2 Å². The van der Waals surface area contributed by atoms with E-state index in [0.717, 1.165) is 0 Å². The van der Waals surface area contributed by atoms with Crippen LogP contribution < -0.4 is 5.32 Å². The molecule has 10 heavy (non-hydrogen) atoms. The topological polar surface area (TPSA) is 98.1 Å². The van der Waals surface area contributed by atoms with Crippen molar-refractivity contribution in [3.05, 3.63) is 23.6 Å². The van der Waals surface area contributed by atoms with Gasteiger partial charge in [0, 0.05) is 10.0 Å². The van der Waals surface area contributed by atoms with Crippen molar-refractivity contribution in [2.75, 3.05) is 6.73 Å². The molecule has 0 atom stereocenters. The van der Waals surface area contributed by atoms with Crippen molar-refractivity contribution in [3.8, 4) is 0 Å². The molecule has 2 N–H and O–H groups in total. The van der Waals surface area contributed by atoms with E-state index in [1.54, 1.807) is 0 Å². The number of carbonyl (C=O) groups excluding carboxylic acids is 1. The molecule has 6 heteroatoms. The second-order valence-electron chi connectivity index (χ2n) is 0.829. The highest BCUT2D eigenvalue weighted by atomic mass is 16.3. The van der Waals surface area contributed by atoms with Gasteiger partial charge >= 0.3 is 6.03 Å². The van der Waals surface area contributed by atoms with Crippen LogP contribution in [0.5, 0.6) is 0 Å². The van der Waals surface area contributed by atoms with Gasteiger partial charge in [0.05, 0.1) is 0 Å². The van der Waals surface area contributed by atoms with Crippen LogP contribution in [0.25, 0.3) is 10.4 Å². The van der Waals surface area contributed by atoms with Crippen molar-refractivity contribution in [1.29, 1.82) is 0 Å². The lowest BCUT2D eigenvalue weighted by Gasteiger charge is -1.88. The minimum Gasteiger partial charge on any atom is -0.376 e. The fourth-order valence-electron chi connectivity index (χ4n) is 0.144. The maximum atomic E-state index is 9.95. The van der Waals surface area contributed by atoms with Gasteiger partial charge in [-0.15, -0.1) is 13.2 Å². The highest BCUT2D eigenvalue weighted by Gasteiger charge is 1.88. The Morgan fingerprint density at radius 2 is 2.30 bits per heavy atom. The Morgan fingerprint density at radius 3 is 2.60 bits per heavy atom. The Kier molecular flexibility index (Phi) is 11.8. The third-order valence-electron chi connectivity index (χ3n) is 0.366. The van der Waals surface area contributed by atoms with Crippen molar-refractivity contribution in [1.82, 2.24) is 5.32 Å². The molecule has 0 aliphatic carbocycles. The van der Waals surface area contributed by atoms with Crippen LogP contribution in [0, 0.1) is 0 Å². The minimum atomic E-state index is -0.880. The zero-order chi connectivity index (χ0) is 8.41. The number of hydrogen-bond acceptors (Lipinski definition) is 2. The molecule has 0 heterocycles. The third kappa shape index (κ3) is 9.70. The molecule has 0 aromatic carbocycles. The summed E-state index contributed by atoms with van der Waals surface area (Å²) in [6, 6.07) is -0.880. The maximum Gasteiger partial charge on any atom is 0.309 e. The average Bonchev–Trinajstić information content (AvgIpc) is 1.93. The van der Waals surface area contributed by atoms with E-state index in [1.807, 2.05) is 5.32 Å². The number of rotatable bonds is 1. The van der Waals surface area contributed by atoms with Crippen LogP contribution in [0.2, 0.25) is 0 Å². The molecule has 0 saturated heterocycles. The normalized spacial score (nSPS) is 6.10. The van der Waals surface area contributed by atoms with Gasteiger partial charge in [0.2, 0.25) is 0 Å². The number of azide groups is 1. The van der Waals surface area contributed by atoms with E-state index in [9.17, 15) is 4.79 Å². The minimum absolute atomic E-state index is 0.516. The van der Waals surface area contributed by atoms with Gasteiger partial charge in [-0.3, -0.25) is 4.79 Å². The SMILES string of the molecule is C=C.[N-]=[N+]=NC(=O)NCO. The zero-order valence-corrected chi connectivity index (χ0v) is 5.32. The summed E-state index contributed by atoms with van der Waals surface area (Å²) in [7, 11) is 0. The van der Waals surface area contributed by atoms with Crippen molar-refractivity contribution < 1.29 is 9.90 Å². The Bertz CT molecular complexity index is 140. The highest BCUT2D eigenvalue weighted by Crippen LogP contribution is 1.70. The quantitative estimate of drug-likeness (QED) is 0.187. The molecule has 0 fully saturated rings. The molecular weight excluding hydrogens is 136 g/mol. The molecule has 0 saturated carbocycles. The standard InChI is InChI=1S/C2H4N4O2.C2H4/c3-6-5-2(8)4-1-7;1-2/h7H,1H2,(H,4,8);1-2H2. The number of amides is 2. The summed E-state index contributed by atoms with van der Waals surface area (Å²) in [4.78, 5) is 12.1. The van der Waals surface area contributed by atoms with Crippen LogP contribution in [0.15, 0.2) is 18.3 Å². The highest BCUT2D eigenvalue weighted by molar-refractivity contribution is 5.74. The first-order chi connectivity index (χ1) is 4.81. The first-order valence-corrected chi connectivity index (χ1v) is 2.25. The molecule has 0 rings (SSSR count). The lowest BCUT2D eigenvalue weighted by molar-refractivity contribution is 0.225. The monoisotopic (exact) mass is 144 g/mol. The second-order valence-corrected chi connectivity index (χ2v) is 0.829. The van der Waals surface area contributed by atoms with Crippen molar-refractivity contribution in [2.45, 2.75) is 0 Å². The lowest BCUT2D eigenvalue weighted by atomic mass is 11.0. The predicted octanol–water partition coefficient (Wildman–Crippen LogP) is 0.758. The molecule has 0 radical (unpaired) electrons. The van der Waals surface area contributed by atoms with Crippen LogP contribution >= 0.6 is 0 Å². The molecule has 0 unspecified atom stereocenters. The van der Waals surface area contributed by atoms with Gasteiger partial charge in [-0.05, 0) is 5.53 Å². The smallest absolute Gasteiger partial charge is 0.309 e. The van der Waals surface area contributed by atoms with Crippen LogP contribution in [-0.2, 0) is 0 Å². The zero-order valence-electron chi connectivity index (χ0n) is 5.32. The van der Waals surface area contributed by atoms with Gasteiger partial charge in [-0.2, -0.15) is 0 Å². The van der Waals surface area contributed by atoms with Crippen molar-refractivity contribution in [3.63, 3.8) is 0 Å². The summed E-state index contributed by atoms with van der Waals surface area (Å²) in [5.74, 6) is 0. The van der Waals surface area contributed by atoms with Crippen LogP contribution in [0.4, 0.5) is 4.79 Å². The number of nitrogens with one attached hydrogen (secondary N) is 1. The van der Waals surface area contributed by atoms with Crippen molar-refractivity contribution in [2.24, 2.45) is 5.11 Å². The molecule has 0 aromatic heterocycles. The first kappa shape index (κ1) is 11.3. The summed E-state index contributed by atoms with van der Waals surface area (Å²) in [6.45, 7) is 5.48. The van der Waals surface area contributed by atoms with Crippen molar-refractivity contribution >= 4 is 6.03 Å². The fourth-order valence-corrected chi connectivity index (χ4v) is 0.144. The van der Waals surface area contributed by atoms with E-state index in [4.69, 9.17) is 10.6 Å². The van der Waals surface area contributed by atoms with Gasteiger partial charge in [-0.25, -0.2) is 0 Å². The van der Waals surface area contributed by atoms with Gasteiger partial charge in [-0.1, -0.05) is 0 Å². The number of aliphatic hydroxyl groups excluding tert-OH is 1. The molecule has 56 valence electrons. The molecule has 0 spiro atoms. The van der Waals surface area contributed by atoms with Crippen LogP contribution in [0.1, 0.15) is 0 Å². The lowest BCUT2D eigenvalue weighted by Crippen LogP contribution is -2.19. The first-order valence-electron chi connectivity index (χ1n) is 2.25. The summed E-state index contributed by atoms with van der Waals surface area (Å²) >= 11 is 0. The van der Waals surface area contributed by atoms with E-state index < -0.39 is 12.8 Å². The second kappa shape index (κ2) is 10.5. The molecule has 2 amide bonds. The summed E-state index contributed by atoms with van der Waals surface area (Å²) in [6.07, 6.45) is 0. The number of carbonyl (C=O) groups is 1. The van der Waals surface area contributed by atoms with Gasteiger partial charge in [0.1, 0.15) is 6.73 Å². The predicted molar refractivity (Wildman–Crippen MR) is 36.0 cm³/mol. The maximum absolute atomic E-state index is 9.95. The molecule has 0 bridgehead atoms. The van der Waals surface area contributed by atoms with Gasteiger partial charge < -0.3 is 10.4 Å². The van der Waals surface area contributed by atoms with Crippen LogP contribution in [0.3, 0.4) is 0 Å². The average molecular weight is 144 g/mol. The van der Waals surface area contributed by atoms with E-state index in [-0.39, 0.29) is 0 Å². The molecule has 0 aromatic rings. The Balaban J connectivity index is 0. The molecule has 6 nitrogen and oxygen atoms in total. The summed E-state index contributed by atoms with van der Waals surface area (Å²) in [5.41, 5.74) is 7.58. The largest absolute Gasteiger partial charge is 0.376 e. The van der Waals surface area contributed by atoms with Gasteiger partial charge in [0.25, 0.3) is 0 Å². The summed E-state index contributed by atoms with van der Waals surface area (Å²) in [5, 5.41) is 12.4. The van der Waals surface area contributed by atoms with Crippen LogP contribution in [-0.4, -0.2) is 17.9 Å². The summed E-state index contributed by atoms with van der Waals surface area (Å²) < 4.78 is 0. The number of nitrogens with zero attached hydrogens (tertiary/aromatic N) is 3. The van der Waals surface area contributed by atoms with E-state index in [0.29, 0.717) is 0 Å². The number of urea groups is 1. The third-order valence-corrected chi connectivity index (χ3v) is 0.366. The van der Waals surface area contributed by atoms with Gasteiger partial charge in [0.15, 0.2) is 0 Å².